The van der Waals surface area contributed by atoms with Gasteiger partial charge in [-0.3, -0.25) is 4.79 Å². The SMILES string of the molecule is CCCNC(=O)COc1c(Cl)cc(Br)cc1S(N)(=O)=O. The molecule has 112 valence electrons. The van der Waals surface area contributed by atoms with Crippen LogP contribution in [0.1, 0.15) is 13.3 Å². The normalized spacial score (nSPS) is 11.2. The van der Waals surface area contributed by atoms with Gasteiger partial charge in [-0.1, -0.05) is 34.5 Å². The number of halogens is 2. The average Bonchev–Trinajstić information content (AvgIpc) is 2.33. The van der Waals surface area contributed by atoms with Crippen LogP contribution in [0.25, 0.3) is 0 Å². The molecule has 1 aromatic carbocycles. The number of benzene rings is 1. The molecule has 20 heavy (non-hydrogen) atoms. The molecule has 1 rings (SSSR count). The Morgan fingerprint density at radius 2 is 2.15 bits per heavy atom. The number of hydrogen-bond acceptors (Lipinski definition) is 4. The molecule has 0 unspecified atom stereocenters. The summed E-state index contributed by atoms with van der Waals surface area (Å²) in [6, 6.07) is 2.72. The van der Waals surface area contributed by atoms with Gasteiger partial charge in [-0.15, -0.1) is 0 Å². The van der Waals surface area contributed by atoms with E-state index in [2.05, 4.69) is 21.2 Å². The van der Waals surface area contributed by atoms with Crippen molar-refractivity contribution in [2.45, 2.75) is 18.2 Å². The van der Waals surface area contributed by atoms with Crippen molar-refractivity contribution in [1.82, 2.24) is 5.32 Å². The van der Waals surface area contributed by atoms with E-state index >= 15 is 0 Å². The number of nitrogens with two attached hydrogens (primary N) is 1. The fraction of sp³-hybridized carbons (Fsp3) is 0.364. The third-order valence-electron chi connectivity index (χ3n) is 2.20. The Bertz CT molecular complexity index is 607. The lowest BCUT2D eigenvalue weighted by molar-refractivity contribution is -0.123. The Hall–Kier alpha value is -0.830. The molecule has 0 bridgehead atoms. The minimum absolute atomic E-state index is 0.0479. The van der Waals surface area contributed by atoms with Gasteiger partial charge in [0.05, 0.1) is 5.02 Å². The summed E-state index contributed by atoms with van der Waals surface area (Å²) in [5.41, 5.74) is 0. The molecule has 6 nitrogen and oxygen atoms in total. The molecule has 0 saturated carbocycles. The minimum Gasteiger partial charge on any atom is -0.481 e. The molecule has 0 radical (unpaired) electrons. The highest BCUT2D eigenvalue weighted by Gasteiger charge is 2.20. The highest BCUT2D eigenvalue weighted by molar-refractivity contribution is 9.10. The van der Waals surface area contributed by atoms with Crippen molar-refractivity contribution < 1.29 is 17.9 Å². The van der Waals surface area contributed by atoms with Gasteiger partial charge in [0.1, 0.15) is 4.90 Å². The fourth-order valence-corrected chi connectivity index (χ4v) is 3.13. The van der Waals surface area contributed by atoms with Crippen LogP contribution in [-0.4, -0.2) is 27.5 Å². The number of ether oxygens (including phenoxy) is 1. The molecule has 0 aliphatic carbocycles. The zero-order valence-corrected chi connectivity index (χ0v) is 13.8. The summed E-state index contributed by atoms with van der Waals surface area (Å²) in [7, 11) is -4.01. The topological polar surface area (TPSA) is 98.5 Å². The zero-order valence-electron chi connectivity index (χ0n) is 10.7. The lowest BCUT2D eigenvalue weighted by atomic mass is 10.3. The summed E-state index contributed by atoms with van der Waals surface area (Å²) in [4.78, 5) is 11.2. The third kappa shape index (κ3) is 4.93. The maximum Gasteiger partial charge on any atom is 0.257 e. The summed E-state index contributed by atoms with van der Waals surface area (Å²) in [6.07, 6.45) is 0.785. The Morgan fingerprint density at radius 3 is 2.70 bits per heavy atom. The zero-order chi connectivity index (χ0) is 15.3. The second kappa shape index (κ2) is 7.26. The van der Waals surface area contributed by atoms with Crippen LogP contribution in [0.2, 0.25) is 5.02 Å². The van der Waals surface area contributed by atoms with E-state index in [9.17, 15) is 13.2 Å². The van der Waals surface area contributed by atoms with Crippen molar-refractivity contribution >= 4 is 43.5 Å². The molecule has 3 N–H and O–H groups in total. The first-order valence-corrected chi connectivity index (χ1v) is 8.38. The number of sulfonamides is 1. The molecule has 0 atom stereocenters. The van der Waals surface area contributed by atoms with Gasteiger partial charge in [0, 0.05) is 11.0 Å². The number of nitrogens with one attached hydrogen (secondary N) is 1. The maximum absolute atomic E-state index is 11.5. The lowest BCUT2D eigenvalue weighted by Crippen LogP contribution is -2.29. The number of carbonyl (C=O) groups is 1. The van der Waals surface area contributed by atoms with Gasteiger partial charge in [-0.2, -0.15) is 0 Å². The molecule has 0 aliphatic heterocycles. The molecule has 0 aliphatic rings. The van der Waals surface area contributed by atoms with Crippen molar-refractivity contribution in [3.63, 3.8) is 0 Å². The number of amides is 1. The smallest absolute Gasteiger partial charge is 0.257 e. The van der Waals surface area contributed by atoms with Crippen molar-refractivity contribution in [2.24, 2.45) is 5.14 Å². The highest BCUT2D eigenvalue weighted by Crippen LogP contribution is 2.34. The summed E-state index contributed by atoms with van der Waals surface area (Å²) in [6.45, 7) is 2.08. The summed E-state index contributed by atoms with van der Waals surface area (Å²) in [5, 5.41) is 7.74. The first-order valence-electron chi connectivity index (χ1n) is 5.67. The van der Waals surface area contributed by atoms with Crippen LogP contribution in [0, 0.1) is 0 Å². The summed E-state index contributed by atoms with van der Waals surface area (Å²) < 4.78 is 28.6. The molecular weight excluding hydrogens is 372 g/mol. The molecule has 0 saturated heterocycles. The summed E-state index contributed by atoms with van der Waals surface area (Å²) in [5.74, 6) is -0.504. The van der Waals surface area contributed by atoms with Gasteiger partial charge in [-0.25, -0.2) is 13.6 Å². The van der Waals surface area contributed by atoms with Crippen LogP contribution in [0.5, 0.6) is 5.75 Å². The van der Waals surface area contributed by atoms with E-state index in [1.165, 1.54) is 12.1 Å². The standard InChI is InChI=1S/C11H14BrClN2O4S/c1-2-3-15-10(16)6-19-11-8(13)4-7(12)5-9(11)20(14,17)18/h4-5H,2-3,6H2,1H3,(H,15,16)(H2,14,17,18). The summed E-state index contributed by atoms with van der Waals surface area (Å²) >= 11 is 9.04. The van der Waals surface area contributed by atoms with E-state index in [0.29, 0.717) is 11.0 Å². The van der Waals surface area contributed by atoms with Crippen LogP contribution < -0.4 is 15.2 Å². The lowest BCUT2D eigenvalue weighted by Gasteiger charge is -2.12. The van der Waals surface area contributed by atoms with E-state index in [0.717, 1.165) is 6.42 Å². The van der Waals surface area contributed by atoms with Gasteiger partial charge >= 0.3 is 0 Å². The van der Waals surface area contributed by atoms with E-state index in [-0.39, 0.29) is 28.2 Å². The fourth-order valence-electron chi connectivity index (χ4n) is 1.34. The Balaban J connectivity index is 2.97. The second-order valence-electron chi connectivity index (χ2n) is 3.90. The largest absolute Gasteiger partial charge is 0.481 e. The highest BCUT2D eigenvalue weighted by atomic mass is 79.9. The van der Waals surface area contributed by atoms with Gasteiger partial charge in [0.25, 0.3) is 5.91 Å². The Labute approximate surface area is 130 Å². The molecule has 0 heterocycles. The molecule has 9 heteroatoms. The average molecular weight is 386 g/mol. The Morgan fingerprint density at radius 1 is 1.50 bits per heavy atom. The molecule has 1 aromatic rings. The minimum atomic E-state index is -4.01. The molecular formula is C11H14BrClN2O4S. The molecule has 0 fully saturated rings. The Kier molecular flexibility index (Phi) is 6.25. The second-order valence-corrected chi connectivity index (χ2v) is 6.75. The van der Waals surface area contributed by atoms with Crippen LogP contribution in [0.15, 0.2) is 21.5 Å². The maximum atomic E-state index is 11.5. The van der Waals surface area contributed by atoms with Crippen LogP contribution in [-0.2, 0) is 14.8 Å². The third-order valence-corrected chi connectivity index (χ3v) is 3.86. The van der Waals surface area contributed by atoms with E-state index in [4.69, 9.17) is 21.5 Å². The van der Waals surface area contributed by atoms with Crippen molar-refractivity contribution in [3.8, 4) is 5.75 Å². The number of hydrogen-bond donors (Lipinski definition) is 2. The van der Waals surface area contributed by atoms with Crippen molar-refractivity contribution in [1.29, 1.82) is 0 Å². The van der Waals surface area contributed by atoms with Crippen molar-refractivity contribution in [3.05, 3.63) is 21.6 Å². The van der Waals surface area contributed by atoms with E-state index in [1.807, 2.05) is 6.92 Å². The predicted molar refractivity (Wildman–Crippen MR) is 79.3 cm³/mol. The monoisotopic (exact) mass is 384 g/mol. The predicted octanol–water partition coefficient (Wildman–Crippen LogP) is 1.65. The number of carbonyl (C=O) groups excluding carboxylic acids is 1. The van der Waals surface area contributed by atoms with E-state index in [1.54, 1.807) is 0 Å². The molecule has 1 amide bonds. The quantitative estimate of drug-likeness (QED) is 0.778. The van der Waals surface area contributed by atoms with Gasteiger partial charge in [0.2, 0.25) is 10.0 Å². The van der Waals surface area contributed by atoms with E-state index < -0.39 is 10.0 Å². The van der Waals surface area contributed by atoms with Gasteiger partial charge < -0.3 is 10.1 Å². The number of primary sulfonamides is 1. The first kappa shape index (κ1) is 17.2. The van der Waals surface area contributed by atoms with Crippen LogP contribution in [0.3, 0.4) is 0 Å². The van der Waals surface area contributed by atoms with Crippen molar-refractivity contribution in [2.75, 3.05) is 13.2 Å². The number of rotatable bonds is 6. The van der Waals surface area contributed by atoms with Crippen LogP contribution in [0.4, 0.5) is 0 Å². The van der Waals surface area contributed by atoms with Gasteiger partial charge in [0.15, 0.2) is 12.4 Å². The van der Waals surface area contributed by atoms with Gasteiger partial charge in [-0.05, 0) is 18.6 Å². The van der Waals surface area contributed by atoms with Crippen LogP contribution >= 0.6 is 27.5 Å². The molecule has 0 aromatic heterocycles. The molecule has 0 spiro atoms. The first-order chi connectivity index (χ1) is 9.25.